The molecule has 1 atom stereocenters. The predicted octanol–water partition coefficient (Wildman–Crippen LogP) is 2.17. The molecule has 1 unspecified atom stereocenters. The van der Waals surface area contributed by atoms with E-state index in [4.69, 9.17) is 0 Å². The van der Waals surface area contributed by atoms with E-state index in [0.717, 1.165) is 0 Å². The Balaban J connectivity index is 1.81. The average molecular weight is 354 g/mol. The number of nitrogens with zero attached hydrogens (tertiary/aromatic N) is 1. The van der Waals surface area contributed by atoms with Gasteiger partial charge in [0, 0.05) is 16.5 Å². The number of carbonyl (C=O) groups is 1. The first-order chi connectivity index (χ1) is 10.9. The fourth-order valence-corrected chi connectivity index (χ4v) is 5.13. The number of benzene rings is 1. The highest BCUT2D eigenvalue weighted by Crippen LogP contribution is 2.29. The van der Waals surface area contributed by atoms with Gasteiger partial charge in [-0.15, -0.1) is 11.3 Å². The van der Waals surface area contributed by atoms with Crippen molar-refractivity contribution in [3.8, 4) is 10.6 Å². The molecule has 5 nitrogen and oxygen atoms in total. The molecule has 1 N–H and O–H groups in total. The van der Waals surface area contributed by atoms with Crippen LogP contribution < -0.4 is 5.32 Å². The summed E-state index contributed by atoms with van der Waals surface area (Å²) in [7, 11) is -3.06. The maximum Gasteiger partial charge on any atom is 0.271 e. The van der Waals surface area contributed by atoms with Crippen LogP contribution in [-0.4, -0.2) is 36.9 Å². The molecule has 122 valence electrons. The van der Waals surface area contributed by atoms with Gasteiger partial charge in [-0.25, -0.2) is 17.8 Å². The molecule has 8 heteroatoms. The zero-order chi connectivity index (χ0) is 16.6. The number of halogens is 1. The Hall–Kier alpha value is -1.80. The first-order valence-electron chi connectivity index (χ1n) is 7.09. The second kappa shape index (κ2) is 6.01. The highest BCUT2D eigenvalue weighted by Gasteiger charge is 2.30. The summed E-state index contributed by atoms with van der Waals surface area (Å²) in [5.41, 5.74) is 0.570. The smallest absolute Gasteiger partial charge is 0.271 e. The maximum atomic E-state index is 13.8. The van der Waals surface area contributed by atoms with Crippen LogP contribution in [0.4, 0.5) is 4.39 Å². The molecule has 0 radical (unpaired) electrons. The predicted molar refractivity (Wildman–Crippen MR) is 86.8 cm³/mol. The van der Waals surface area contributed by atoms with Crippen molar-refractivity contribution in [2.75, 3.05) is 11.5 Å². The molecule has 0 spiro atoms. The number of hydrogen-bond donors (Lipinski definition) is 1. The Kier molecular flexibility index (Phi) is 4.20. The quantitative estimate of drug-likeness (QED) is 0.917. The summed E-state index contributed by atoms with van der Waals surface area (Å²) in [5.74, 6) is -0.755. The molecular weight excluding hydrogens is 339 g/mol. The number of carbonyl (C=O) groups excluding carboxylic acids is 1. The van der Waals surface area contributed by atoms with Crippen LogP contribution in [0.2, 0.25) is 0 Å². The third-order valence-electron chi connectivity index (χ3n) is 3.68. The lowest BCUT2D eigenvalue weighted by Gasteiger charge is -2.09. The highest BCUT2D eigenvalue weighted by atomic mass is 32.2. The molecule has 1 amide bonds. The van der Waals surface area contributed by atoms with Crippen LogP contribution in [0.15, 0.2) is 24.3 Å². The lowest BCUT2D eigenvalue weighted by molar-refractivity contribution is 0.0936. The Morgan fingerprint density at radius 3 is 2.78 bits per heavy atom. The number of rotatable bonds is 3. The van der Waals surface area contributed by atoms with Gasteiger partial charge in [0.2, 0.25) is 0 Å². The van der Waals surface area contributed by atoms with E-state index in [1.807, 2.05) is 0 Å². The summed E-state index contributed by atoms with van der Waals surface area (Å²) in [4.78, 5) is 17.2. The topological polar surface area (TPSA) is 76.1 Å². The van der Waals surface area contributed by atoms with Gasteiger partial charge in [-0.05, 0) is 25.5 Å². The van der Waals surface area contributed by atoms with E-state index in [0.29, 0.717) is 21.9 Å². The van der Waals surface area contributed by atoms with Crippen LogP contribution in [0.25, 0.3) is 10.6 Å². The van der Waals surface area contributed by atoms with E-state index in [2.05, 4.69) is 10.3 Å². The van der Waals surface area contributed by atoms with Crippen LogP contribution in [0.1, 0.15) is 21.8 Å². The average Bonchev–Trinajstić information content (AvgIpc) is 3.02. The minimum absolute atomic E-state index is 0.0396. The maximum absolute atomic E-state index is 13.8. The van der Waals surface area contributed by atoms with Gasteiger partial charge in [0.05, 0.1) is 11.5 Å². The minimum atomic E-state index is -3.06. The number of hydrogen-bond acceptors (Lipinski definition) is 5. The van der Waals surface area contributed by atoms with Crippen molar-refractivity contribution in [2.45, 2.75) is 19.4 Å². The Bertz CT molecular complexity index is 861. The summed E-state index contributed by atoms with van der Waals surface area (Å²) >= 11 is 1.24. The number of sulfone groups is 1. The molecule has 2 heterocycles. The zero-order valence-electron chi connectivity index (χ0n) is 12.4. The number of aryl methyl sites for hydroxylation is 1. The summed E-state index contributed by atoms with van der Waals surface area (Å²) in [6.45, 7) is 1.74. The third-order valence-corrected chi connectivity index (χ3v) is 6.46. The fourth-order valence-electron chi connectivity index (χ4n) is 2.52. The van der Waals surface area contributed by atoms with Crippen molar-refractivity contribution < 1.29 is 17.6 Å². The third kappa shape index (κ3) is 3.42. The Labute approximate surface area is 137 Å². The van der Waals surface area contributed by atoms with Crippen molar-refractivity contribution in [3.63, 3.8) is 0 Å². The number of aromatic nitrogens is 1. The van der Waals surface area contributed by atoms with Gasteiger partial charge >= 0.3 is 0 Å². The van der Waals surface area contributed by atoms with Gasteiger partial charge in [0.15, 0.2) is 9.84 Å². The SMILES string of the molecule is Cc1sc(-c2ccccc2F)nc1C(=O)NC1CCS(=O)(=O)C1. The fraction of sp³-hybridized carbons (Fsp3) is 0.333. The van der Waals surface area contributed by atoms with Gasteiger partial charge < -0.3 is 5.32 Å². The van der Waals surface area contributed by atoms with Gasteiger partial charge in [-0.2, -0.15) is 0 Å². The molecule has 1 aromatic heterocycles. The molecule has 1 fully saturated rings. The van der Waals surface area contributed by atoms with Gasteiger partial charge in [-0.3, -0.25) is 4.79 Å². The summed E-state index contributed by atoms with van der Waals surface area (Å²) in [5, 5.41) is 3.14. The van der Waals surface area contributed by atoms with Crippen molar-refractivity contribution in [1.82, 2.24) is 10.3 Å². The van der Waals surface area contributed by atoms with Gasteiger partial charge in [-0.1, -0.05) is 12.1 Å². The van der Waals surface area contributed by atoms with Gasteiger partial charge in [0.25, 0.3) is 5.91 Å². The van der Waals surface area contributed by atoms with E-state index in [9.17, 15) is 17.6 Å². The first-order valence-corrected chi connectivity index (χ1v) is 9.73. The highest BCUT2D eigenvalue weighted by molar-refractivity contribution is 7.91. The van der Waals surface area contributed by atoms with E-state index < -0.39 is 21.6 Å². The van der Waals surface area contributed by atoms with Crippen LogP contribution >= 0.6 is 11.3 Å². The summed E-state index contributed by atoms with van der Waals surface area (Å²) < 4.78 is 36.7. The second-order valence-corrected chi connectivity index (χ2v) is 8.91. The molecule has 0 aliphatic carbocycles. The molecule has 2 aromatic rings. The summed E-state index contributed by atoms with van der Waals surface area (Å²) in [6, 6.07) is 5.87. The summed E-state index contributed by atoms with van der Waals surface area (Å²) in [6.07, 6.45) is 0.414. The molecule has 1 saturated heterocycles. The van der Waals surface area contributed by atoms with Crippen LogP contribution in [0.5, 0.6) is 0 Å². The Morgan fingerprint density at radius 1 is 1.39 bits per heavy atom. The zero-order valence-corrected chi connectivity index (χ0v) is 14.0. The Morgan fingerprint density at radius 2 is 2.13 bits per heavy atom. The molecule has 23 heavy (non-hydrogen) atoms. The van der Waals surface area contributed by atoms with Crippen molar-refractivity contribution in [1.29, 1.82) is 0 Å². The van der Waals surface area contributed by atoms with Crippen LogP contribution in [0.3, 0.4) is 0 Å². The monoisotopic (exact) mass is 354 g/mol. The van der Waals surface area contributed by atoms with Crippen LogP contribution in [-0.2, 0) is 9.84 Å². The molecule has 1 aliphatic heterocycles. The lowest BCUT2D eigenvalue weighted by atomic mass is 10.2. The van der Waals surface area contributed by atoms with Crippen molar-refractivity contribution >= 4 is 27.1 Å². The molecular formula is C15H15FN2O3S2. The minimum Gasteiger partial charge on any atom is -0.347 e. The molecule has 0 bridgehead atoms. The number of amides is 1. The largest absolute Gasteiger partial charge is 0.347 e. The van der Waals surface area contributed by atoms with Crippen molar-refractivity contribution in [3.05, 3.63) is 40.7 Å². The van der Waals surface area contributed by atoms with E-state index >= 15 is 0 Å². The second-order valence-electron chi connectivity index (χ2n) is 5.48. The number of thiazole rings is 1. The first kappa shape index (κ1) is 16.1. The van der Waals surface area contributed by atoms with E-state index in [1.165, 1.54) is 17.4 Å². The van der Waals surface area contributed by atoms with E-state index in [-0.39, 0.29) is 23.2 Å². The van der Waals surface area contributed by atoms with Gasteiger partial charge in [0.1, 0.15) is 16.5 Å². The molecule has 0 saturated carbocycles. The molecule has 1 aromatic carbocycles. The normalized spacial score (nSPS) is 19.7. The number of nitrogens with one attached hydrogen (secondary N) is 1. The van der Waals surface area contributed by atoms with Crippen molar-refractivity contribution in [2.24, 2.45) is 0 Å². The van der Waals surface area contributed by atoms with E-state index in [1.54, 1.807) is 25.1 Å². The standard InChI is InChI=1S/C15H15FN2O3S2/c1-9-13(14(19)17-10-6-7-23(20,21)8-10)18-15(22-9)11-4-2-3-5-12(11)16/h2-5,10H,6-8H2,1H3,(H,17,19). The van der Waals surface area contributed by atoms with Crippen LogP contribution in [0, 0.1) is 12.7 Å². The molecule has 3 rings (SSSR count). The lowest BCUT2D eigenvalue weighted by Crippen LogP contribution is -2.36. The molecule has 1 aliphatic rings.